The summed E-state index contributed by atoms with van der Waals surface area (Å²) in [6.45, 7) is 1.89. The van der Waals surface area contributed by atoms with Crippen LogP contribution in [0.4, 0.5) is 5.69 Å². The van der Waals surface area contributed by atoms with E-state index in [-0.39, 0.29) is 0 Å². The number of hydrogen-bond acceptors (Lipinski definition) is 3. The average molecular weight is 262 g/mol. The van der Waals surface area contributed by atoms with Gasteiger partial charge in [0.15, 0.2) is 0 Å². The summed E-state index contributed by atoms with van der Waals surface area (Å²) >= 11 is 0. The molecular weight excluding hydrogens is 248 g/mol. The molecule has 5 rings (SSSR count). The quantitative estimate of drug-likeness (QED) is 0.670. The first kappa shape index (κ1) is 10.5. The van der Waals surface area contributed by atoms with E-state index in [1.54, 1.807) is 0 Å². The Labute approximate surface area is 116 Å². The molecule has 0 aromatic heterocycles. The third-order valence-corrected chi connectivity index (χ3v) is 4.41. The van der Waals surface area contributed by atoms with Gasteiger partial charge in [-0.05, 0) is 43.2 Å². The summed E-state index contributed by atoms with van der Waals surface area (Å²) in [7, 11) is 0. The van der Waals surface area contributed by atoms with Gasteiger partial charge in [-0.25, -0.2) is 0 Å². The fourth-order valence-corrected chi connectivity index (χ4v) is 3.43. The predicted molar refractivity (Wildman–Crippen MR) is 78.1 cm³/mol. The van der Waals surface area contributed by atoms with Gasteiger partial charge in [-0.1, -0.05) is 0 Å². The second-order valence-corrected chi connectivity index (χ2v) is 5.55. The lowest BCUT2D eigenvalue weighted by molar-refractivity contribution is 0.463. The highest BCUT2D eigenvalue weighted by Gasteiger charge is 2.23. The lowest BCUT2D eigenvalue weighted by Crippen LogP contribution is -2.19. The number of rotatable bonds is 0. The number of hydrogen-bond donors (Lipinski definition) is 1. The van der Waals surface area contributed by atoms with Crippen LogP contribution >= 0.6 is 0 Å². The SMILES string of the molecule is C1=c2ccc3c(c2Oc2c1ccc1c2CCN1)CCN=3. The maximum atomic E-state index is 6.33. The highest BCUT2D eigenvalue weighted by atomic mass is 16.5. The molecule has 0 radical (unpaired) electrons. The van der Waals surface area contributed by atoms with Gasteiger partial charge in [0, 0.05) is 40.7 Å². The molecule has 3 aliphatic rings. The van der Waals surface area contributed by atoms with E-state index in [2.05, 4.69) is 40.7 Å². The molecule has 2 aromatic rings. The summed E-state index contributed by atoms with van der Waals surface area (Å²) in [4.78, 5) is 4.53. The van der Waals surface area contributed by atoms with Crippen molar-refractivity contribution in [2.45, 2.75) is 12.8 Å². The number of anilines is 1. The molecule has 0 aliphatic carbocycles. The van der Waals surface area contributed by atoms with E-state index in [4.69, 9.17) is 4.74 Å². The van der Waals surface area contributed by atoms with E-state index in [0.717, 1.165) is 42.8 Å². The molecule has 0 unspecified atom stereocenters. The van der Waals surface area contributed by atoms with Gasteiger partial charge in [0.05, 0.1) is 5.36 Å². The molecule has 1 N–H and O–H groups in total. The van der Waals surface area contributed by atoms with Gasteiger partial charge in [0.25, 0.3) is 0 Å². The summed E-state index contributed by atoms with van der Waals surface area (Å²) < 4.78 is 6.33. The second kappa shape index (κ2) is 3.63. The minimum Gasteiger partial charge on any atom is -0.455 e. The van der Waals surface area contributed by atoms with E-state index in [1.807, 2.05) is 0 Å². The van der Waals surface area contributed by atoms with Gasteiger partial charge in [0.2, 0.25) is 0 Å². The van der Waals surface area contributed by atoms with Gasteiger partial charge < -0.3 is 10.1 Å². The third kappa shape index (κ3) is 1.27. The van der Waals surface area contributed by atoms with Crippen molar-refractivity contribution in [2.75, 3.05) is 18.4 Å². The normalized spacial score (nSPS) is 16.8. The minimum atomic E-state index is 0.885. The zero-order chi connectivity index (χ0) is 13.1. The van der Waals surface area contributed by atoms with Crippen molar-refractivity contribution in [1.29, 1.82) is 0 Å². The van der Waals surface area contributed by atoms with Crippen LogP contribution in [0.25, 0.3) is 6.08 Å². The average Bonchev–Trinajstić information content (AvgIpc) is 3.13. The monoisotopic (exact) mass is 262 g/mol. The fourth-order valence-electron chi connectivity index (χ4n) is 3.43. The topological polar surface area (TPSA) is 33.6 Å². The van der Waals surface area contributed by atoms with Crippen LogP contribution in [-0.4, -0.2) is 13.1 Å². The summed E-state index contributed by atoms with van der Waals surface area (Å²) in [6, 6.07) is 8.54. The number of benzene rings is 2. The van der Waals surface area contributed by atoms with Crippen LogP contribution in [-0.2, 0) is 12.8 Å². The molecule has 2 aromatic carbocycles. The Morgan fingerprint density at radius 3 is 3.00 bits per heavy atom. The molecule has 3 heteroatoms. The van der Waals surface area contributed by atoms with E-state index >= 15 is 0 Å². The molecule has 0 spiro atoms. The Hall–Kier alpha value is -2.29. The van der Waals surface area contributed by atoms with E-state index in [1.165, 1.54) is 27.6 Å². The standard InChI is InChI=1S/C17H14N2O/c1-3-14-12(5-7-18-14)16-10(1)9-11-2-4-15-13(6-8-19-15)17(11)20-16/h1-4,9,18H,5-8H2. The lowest BCUT2D eigenvalue weighted by Gasteiger charge is -2.19. The van der Waals surface area contributed by atoms with Crippen molar-refractivity contribution in [2.24, 2.45) is 4.99 Å². The Balaban J connectivity index is 1.81. The Kier molecular flexibility index (Phi) is 1.90. The number of nitrogens with one attached hydrogen (secondary N) is 1. The molecule has 0 amide bonds. The fraction of sp³-hybridized carbons (Fsp3) is 0.235. The zero-order valence-electron chi connectivity index (χ0n) is 11.1. The first-order valence-electron chi connectivity index (χ1n) is 7.16. The largest absolute Gasteiger partial charge is 0.455 e. The maximum absolute atomic E-state index is 6.33. The molecule has 0 atom stereocenters. The number of nitrogens with zero attached hydrogens (tertiary/aromatic N) is 1. The number of ether oxygens (including phenoxy) is 1. The molecule has 0 fully saturated rings. The van der Waals surface area contributed by atoms with E-state index in [0.29, 0.717) is 0 Å². The molecule has 20 heavy (non-hydrogen) atoms. The zero-order valence-corrected chi connectivity index (χ0v) is 11.1. The first-order chi connectivity index (χ1) is 9.90. The van der Waals surface area contributed by atoms with Crippen molar-refractivity contribution in [1.82, 2.24) is 0 Å². The number of fused-ring (bicyclic) bond motifs is 6. The van der Waals surface area contributed by atoms with Crippen LogP contribution in [0.3, 0.4) is 0 Å². The van der Waals surface area contributed by atoms with Gasteiger partial charge in [0.1, 0.15) is 11.5 Å². The van der Waals surface area contributed by atoms with Crippen LogP contribution in [0.1, 0.15) is 16.7 Å². The third-order valence-electron chi connectivity index (χ3n) is 4.41. The maximum Gasteiger partial charge on any atom is 0.140 e. The van der Waals surface area contributed by atoms with Crippen molar-refractivity contribution in [3.8, 4) is 11.5 Å². The Morgan fingerprint density at radius 1 is 1.00 bits per heavy atom. The molecule has 0 saturated carbocycles. The minimum absolute atomic E-state index is 0.885. The molecule has 3 heterocycles. The van der Waals surface area contributed by atoms with Crippen LogP contribution < -0.4 is 20.6 Å². The van der Waals surface area contributed by atoms with Crippen LogP contribution in [0.2, 0.25) is 0 Å². The second-order valence-electron chi connectivity index (χ2n) is 5.55. The van der Waals surface area contributed by atoms with Gasteiger partial charge in [-0.15, -0.1) is 0 Å². The molecule has 98 valence electrons. The van der Waals surface area contributed by atoms with Gasteiger partial charge in [-0.3, -0.25) is 4.99 Å². The van der Waals surface area contributed by atoms with E-state index in [9.17, 15) is 0 Å². The van der Waals surface area contributed by atoms with Crippen LogP contribution in [0.15, 0.2) is 29.3 Å². The van der Waals surface area contributed by atoms with Crippen molar-refractivity contribution >= 4 is 11.8 Å². The van der Waals surface area contributed by atoms with Crippen molar-refractivity contribution < 1.29 is 4.74 Å². The highest BCUT2D eigenvalue weighted by molar-refractivity contribution is 5.73. The molecule has 0 bridgehead atoms. The molecular formula is C17H14N2O. The van der Waals surface area contributed by atoms with E-state index < -0.39 is 0 Å². The summed E-state index contributed by atoms with van der Waals surface area (Å²) in [6.07, 6.45) is 4.28. The van der Waals surface area contributed by atoms with Crippen molar-refractivity contribution in [3.05, 3.63) is 51.5 Å². The lowest BCUT2D eigenvalue weighted by atomic mass is 10.0. The van der Waals surface area contributed by atoms with Gasteiger partial charge in [-0.2, -0.15) is 0 Å². The summed E-state index contributed by atoms with van der Waals surface area (Å²) in [5.74, 6) is 2.07. The first-order valence-corrected chi connectivity index (χ1v) is 7.16. The Bertz CT molecular complexity index is 868. The van der Waals surface area contributed by atoms with Gasteiger partial charge >= 0.3 is 0 Å². The summed E-state index contributed by atoms with van der Waals surface area (Å²) in [5, 5.41) is 5.70. The molecule has 3 aliphatic heterocycles. The van der Waals surface area contributed by atoms with Crippen molar-refractivity contribution in [3.63, 3.8) is 0 Å². The predicted octanol–water partition coefficient (Wildman–Crippen LogP) is 1.76. The molecule has 0 saturated heterocycles. The molecule has 3 nitrogen and oxygen atoms in total. The van der Waals surface area contributed by atoms with Crippen LogP contribution in [0, 0.1) is 0 Å². The Morgan fingerprint density at radius 2 is 2.00 bits per heavy atom. The smallest absolute Gasteiger partial charge is 0.140 e. The summed E-state index contributed by atoms with van der Waals surface area (Å²) in [5.41, 5.74) is 5.00. The van der Waals surface area contributed by atoms with Crippen LogP contribution in [0.5, 0.6) is 11.5 Å². The highest BCUT2D eigenvalue weighted by Crippen LogP contribution is 2.39.